The van der Waals surface area contributed by atoms with E-state index in [0.717, 1.165) is 23.4 Å². The average Bonchev–Trinajstić information content (AvgIpc) is 1.85. The van der Waals surface area contributed by atoms with Gasteiger partial charge in [0.25, 0.3) is 0 Å². The van der Waals surface area contributed by atoms with E-state index >= 15 is 0 Å². The molecule has 0 aliphatic heterocycles. The monoisotopic (exact) mass is 178 g/mol. The summed E-state index contributed by atoms with van der Waals surface area (Å²) in [6.07, 6.45) is 1.19. The van der Waals surface area contributed by atoms with Crippen molar-refractivity contribution in [3.8, 4) is 0 Å². The minimum absolute atomic E-state index is 0.855. The molecule has 0 aromatic rings. The van der Waals surface area contributed by atoms with Crippen LogP contribution in [0.3, 0.4) is 0 Å². The second-order valence-electron chi connectivity index (χ2n) is 3.66. The molecule has 0 atom stereocenters. The quantitative estimate of drug-likeness (QED) is 0.348. The van der Waals surface area contributed by atoms with Crippen LogP contribution in [0, 0.1) is 0 Å². The topological polar surface area (TPSA) is 9.23 Å². The third-order valence-electron chi connectivity index (χ3n) is 1.22. The first kappa shape index (κ1) is 11.3. The van der Waals surface area contributed by atoms with E-state index in [2.05, 4.69) is 28.1 Å². The van der Waals surface area contributed by atoms with Crippen LogP contribution in [0.25, 0.3) is 0 Å². The van der Waals surface area contributed by atoms with Crippen molar-refractivity contribution in [1.29, 1.82) is 0 Å². The standard InChI is InChI=1S/C8H20NOS/c1-5-8-11-10-7-6-9(2,3)4/h5-8H2,1-4H3/q+1. The summed E-state index contributed by atoms with van der Waals surface area (Å²) < 4.78 is 6.33. The third kappa shape index (κ3) is 10.3. The highest BCUT2D eigenvalue weighted by Gasteiger charge is 2.05. The van der Waals surface area contributed by atoms with Crippen LogP contribution in [-0.2, 0) is 4.18 Å². The van der Waals surface area contributed by atoms with E-state index in [-0.39, 0.29) is 0 Å². The number of quaternary nitrogens is 1. The van der Waals surface area contributed by atoms with Crippen LogP contribution in [-0.4, -0.2) is 44.5 Å². The van der Waals surface area contributed by atoms with Gasteiger partial charge in [0.2, 0.25) is 0 Å². The molecule has 0 unspecified atom stereocenters. The fourth-order valence-electron chi connectivity index (χ4n) is 0.512. The molecular formula is C8H20NOS+. The summed E-state index contributed by atoms with van der Waals surface area (Å²) in [6.45, 7) is 4.10. The molecule has 3 heteroatoms. The number of hydrogen-bond acceptors (Lipinski definition) is 2. The lowest BCUT2D eigenvalue weighted by Crippen LogP contribution is -2.37. The van der Waals surface area contributed by atoms with E-state index < -0.39 is 0 Å². The first-order valence-electron chi connectivity index (χ1n) is 4.11. The van der Waals surface area contributed by atoms with Crippen molar-refractivity contribution in [3.63, 3.8) is 0 Å². The molecule has 0 bridgehead atoms. The number of nitrogens with zero attached hydrogens (tertiary/aromatic N) is 1. The largest absolute Gasteiger partial charge is 0.329 e. The zero-order valence-corrected chi connectivity index (χ0v) is 8.91. The van der Waals surface area contributed by atoms with Crippen molar-refractivity contribution in [2.24, 2.45) is 0 Å². The van der Waals surface area contributed by atoms with E-state index in [1.54, 1.807) is 12.0 Å². The van der Waals surface area contributed by atoms with Crippen LogP contribution in [0.1, 0.15) is 13.3 Å². The molecule has 68 valence electrons. The van der Waals surface area contributed by atoms with Crippen LogP contribution in [0.2, 0.25) is 0 Å². The van der Waals surface area contributed by atoms with Crippen LogP contribution in [0.15, 0.2) is 0 Å². The average molecular weight is 178 g/mol. The van der Waals surface area contributed by atoms with Crippen molar-refractivity contribution in [1.82, 2.24) is 0 Å². The van der Waals surface area contributed by atoms with Gasteiger partial charge in [-0.15, -0.1) is 0 Å². The molecule has 0 radical (unpaired) electrons. The third-order valence-corrected chi connectivity index (χ3v) is 2.12. The zero-order chi connectivity index (χ0) is 8.74. The fourth-order valence-corrected chi connectivity index (χ4v) is 0.989. The molecule has 0 saturated carbocycles. The molecule has 0 aromatic carbocycles. The first-order valence-corrected chi connectivity index (χ1v) is 5.02. The van der Waals surface area contributed by atoms with Crippen LogP contribution in [0.5, 0.6) is 0 Å². The van der Waals surface area contributed by atoms with Crippen molar-refractivity contribution in [2.75, 3.05) is 40.0 Å². The molecule has 2 nitrogen and oxygen atoms in total. The molecule has 0 N–H and O–H groups in total. The van der Waals surface area contributed by atoms with Gasteiger partial charge in [-0.1, -0.05) is 6.92 Å². The van der Waals surface area contributed by atoms with Crippen molar-refractivity contribution < 1.29 is 8.67 Å². The number of rotatable bonds is 6. The molecule has 0 rings (SSSR count). The van der Waals surface area contributed by atoms with Gasteiger partial charge in [-0.25, -0.2) is 0 Å². The van der Waals surface area contributed by atoms with Crippen molar-refractivity contribution >= 4 is 12.0 Å². The Kier molecular flexibility index (Phi) is 6.01. The second kappa shape index (κ2) is 5.86. The first-order chi connectivity index (χ1) is 5.06. The van der Waals surface area contributed by atoms with Gasteiger partial charge >= 0.3 is 0 Å². The molecule has 0 fully saturated rings. The normalized spacial score (nSPS) is 12.0. The van der Waals surface area contributed by atoms with Crippen LogP contribution < -0.4 is 0 Å². The Labute approximate surface area is 74.7 Å². The number of likely N-dealkylation sites (N-methyl/N-ethyl adjacent to an activating group) is 1. The highest BCUT2D eigenvalue weighted by molar-refractivity contribution is 7.94. The summed E-state index contributed by atoms with van der Waals surface area (Å²) in [4.78, 5) is 0. The fraction of sp³-hybridized carbons (Fsp3) is 1.00. The maximum Gasteiger partial charge on any atom is 0.110 e. The molecule has 0 saturated heterocycles. The lowest BCUT2D eigenvalue weighted by Gasteiger charge is -2.23. The summed E-state index contributed by atoms with van der Waals surface area (Å²) in [7, 11) is 6.52. The summed E-state index contributed by atoms with van der Waals surface area (Å²) in [6, 6.07) is 0. The Morgan fingerprint density at radius 2 is 1.91 bits per heavy atom. The van der Waals surface area contributed by atoms with Gasteiger partial charge in [-0.3, -0.25) is 0 Å². The zero-order valence-electron chi connectivity index (χ0n) is 8.09. The summed E-state index contributed by atoms with van der Waals surface area (Å²) >= 11 is 1.58. The lowest BCUT2D eigenvalue weighted by atomic mass is 10.5. The maximum absolute atomic E-state index is 5.35. The highest BCUT2D eigenvalue weighted by Crippen LogP contribution is 2.04. The highest BCUT2D eigenvalue weighted by atomic mass is 32.2. The Morgan fingerprint density at radius 1 is 1.27 bits per heavy atom. The van der Waals surface area contributed by atoms with E-state index in [4.69, 9.17) is 4.18 Å². The minimum Gasteiger partial charge on any atom is -0.329 e. The van der Waals surface area contributed by atoms with Crippen LogP contribution in [0.4, 0.5) is 0 Å². The Balaban J connectivity index is 3.02. The van der Waals surface area contributed by atoms with Crippen LogP contribution >= 0.6 is 12.0 Å². The summed E-state index contributed by atoms with van der Waals surface area (Å²) in [5.74, 6) is 1.11. The van der Waals surface area contributed by atoms with E-state index in [1.165, 1.54) is 6.42 Å². The van der Waals surface area contributed by atoms with E-state index in [9.17, 15) is 0 Å². The van der Waals surface area contributed by atoms with Crippen molar-refractivity contribution in [3.05, 3.63) is 0 Å². The molecular weight excluding hydrogens is 158 g/mol. The van der Waals surface area contributed by atoms with Gasteiger partial charge in [0, 0.05) is 5.75 Å². The Hall–Kier alpha value is 0.270. The van der Waals surface area contributed by atoms with Gasteiger partial charge < -0.3 is 8.67 Å². The predicted octanol–water partition coefficient (Wildman–Crippen LogP) is 1.77. The van der Waals surface area contributed by atoms with Gasteiger partial charge in [0.15, 0.2) is 0 Å². The smallest absolute Gasteiger partial charge is 0.110 e. The maximum atomic E-state index is 5.35. The summed E-state index contributed by atoms with van der Waals surface area (Å²) in [5, 5.41) is 0. The predicted molar refractivity (Wildman–Crippen MR) is 51.6 cm³/mol. The molecule has 0 aliphatic carbocycles. The minimum atomic E-state index is 0.855. The van der Waals surface area contributed by atoms with Crippen molar-refractivity contribution in [2.45, 2.75) is 13.3 Å². The van der Waals surface area contributed by atoms with E-state index in [0.29, 0.717) is 0 Å². The SMILES string of the molecule is CCCSOCC[N+](C)(C)C. The molecule has 0 spiro atoms. The van der Waals surface area contributed by atoms with Gasteiger partial charge in [-0.2, -0.15) is 0 Å². The van der Waals surface area contributed by atoms with Gasteiger partial charge in [-0.05, 0) is 18.5 Å². The molecule has 11 heavy (non-hydrogen) atoms. The second-order valence-corrected chi connectivity index (χ2v) is 4.54. The summed E-state index contributed by atoms with van der Waals surface area (Å²) in [5.41, 5.74) is 0. The van der Waals surface area contributed by atoms with E-state index in [1.807, 2.05) is 0 Å². The molecule has 0 aliphatic rings. The number of hydrogen-bond donors (Lipinski definition) is 0. The Bertz CT molecular complexity index is 90.6. The molecule has 0 aromatic heterocycles. The van der Waals surface area contributed by atoms with Gasteiger partial charge in [0.05, 0.1) is 21.1 Å². The van der Waals surface area contributed by atoms with Gasteiger partial charge in [0.1, 0.15) is 13.2 Å². The Morgan fingerprint density at radius 3 is 2.36 bits per heavy atom. The molecule has 0 heterocycles. The molecule has 0 amide bonds. The lowest BCUT2D eigenvalue weighted by molar-refractivity contribution is -0.870.